The van der Waals surface area contributed by atoms with Crippen molar-refractivity contribution in [3.63, 3.8) is 0 Å². The number of halogens is 3. The van der Waals surface area contributed by atoms with E-state index in [4.69, 9.17) is 22.1 Å². The van der Waals surface area contributed by atoms with Crippen LogP contribution in [0, 0.1) is 5.82 Å². The topological polar surface area (TPSA) is 88.3 Å². The Morgan fingerprint density at radius 1 is 1.42 bits per heavy atom. The fourth-order valence-electron chi connectivity index (χ4n) is 2.96. The molecular weight excluding hydrogens is 364 g/mol. The molecule has 9 heteroatoms. The first-order valence-corrected chi connectivity index (χ1v) is 8.44. The van der Waals surface area contributed by atoms with E-state index in [0.29, 0.717) is 16.4 Å². The highest BCUT2D eigenvalue weighted by atomic mass is 35.5. The van der Waals surface area contributed by atoms with Gasteiger partial charge in [0, 0.05) is 17.4 Å². The molecule has 0 bridgehead atoms. The largest absolute Gasteiger partial charge is 0.462 e. The third-order valence-corrected chi connectivity index (χ3v) is 5.05. The van der Waals surface area contributed by atoms with Gasteiger partial charge in [-0.2, -0.15) is 5.10 Å². The van der Waals surface area contributed by atoms with E-state index in [-0.39, 0.29) is 24.2 Å². The van der Waals surface area contributed by atoms with E-state index < -0.39 is 17.0 Å². The molecule has 0 aliphatic carbocycles. The number of hydrogen-bond donors (Lipinski definition) is 3. The molecule has 0 saturated carbocycles. The number of anilines is 1. The van der Waals surface area contributed by atoms with Crippen molar-refractivity contribution < 1.29 is 13.5 Å². The fraction of sp³-hybridized carbons (Fsp3) is 0.412. The summed E-state index contributed by atoms with van der Waals surface area (Å²) in [6.07, 6.45) is 1.57. The van der Waals surface area contributed by atoms with Crippen molar-refractivity contribution in [1.29, 1.82) is 0 Å². The van der Waals surface area contributed by atoms with Crippen LogP contribution in [-0.4, -0.2) is 28.5 Å². The third kappa shape index (κ3) is 3.09. The number of nitrogens with zero attached hydrogens (tertiary/aromatic N) is 2. The molecule has 0 fully saturated rings. The molecule has 1 unspecified atom stereocenters. The first-order valence-electron chi connectivity index (χ1n) is 8.07. The van der Waals surface area contributed by atoms with Gasteiger partial charge in [-0.1, -0.05) is 11.6 Å². The number of aromatic amines is 1. The molecule has 0 amide bonds. The molecule has 3 rings (SSSR count). The standard InChI is InChI=1S/C17H20ClF2N5O/c1-9(14-12(18)7-22-25-14)23-10-4-5-13(19)11(6-10)17(3)16(2,20)8-26-15(21)24-17/h4-7,9,23H,8H2,1-3H3,(H2,21,24)(H,22,25)/t9?,16-,17+/m0/s1. The molecule has 0 spiro atoms. The Labute approximate surface area is 154 Å². The summed E-state index contributed by atoms with van der Waals surface area (Å²) in [6, 6.07) is 3.92. The number of amidine groups is 1. The van der Waals surface area contributed by atoms with E-state index in [1.165, 1.54) is 26.0 Å². The van der Waals surface area contributed by atoms with Gasteiger partial charge in [-0.15, -0.1) is 0 Å². The lowest BCUT2D eigenvalue weighted by Gasteiger charge is -2.41. The van der Waals surface area contributed by atoms with E-state index in [0.717, 1.165) is 0 Å². The maximum atomic E-state index is 15.1. The number of nitrogens with one attached hydrogen (secondary N) is 2. The Hall–Kier alpha value is -2.35. The van der Waals surface area contributed by atoms with E-state index in [1.54, 1.807) is 12.3 Å². The van der Waals surface area contributed by atoms with Crippen LogP contribution in [0.3, 0.4) is 0 Å². The van der Waals surface area contributed by atoms with Crippen LogP contribution in [-0.2, 0) is 10.3 Å². The molecule has 4 N–H and O–H groups in total. The lowest BCUT2D eigenvalue weighted by molar-refractivity contribution is 0.00403. The Kier molecular flexibility index (Phi) is 4.56. The van der Waals surface area contributed by atoms with Gasteiger partial charge in [0.15, 0.2) is 5.67 Å². The van der Waals surface area contributed by atoms with Gasteiger partial charge in [0.05, 0.1) is 11.1 Å². The number of nitrogens with two attached hydrogens (primary N) is 1. The van der Waals surface area contributed by atoms with Gasteiger partial charge < -0.3 is 15.8 Å². The van der Waals surface area contributed by atoms with Crippen molar-refractivity contribution in [1.82, 2.24) is 10.2 Å². The highest BCUT2D eigenvalue weighted by molar-refractivity contribution is 6.31. The minimum Gasteiger partial charge on any atom is -0.462 e. The van der Waals surface area contributed by atoms with Crippen LogP contribution in [0.25, 0.3) is 0 Å². The van der Waals surface area contributed by atoms with E-state index in [9.17, 15) is 4.39 Å². The van der Waals surface area contributed by atoms with E-state index in [1.807, 2.05) is 6.92 Å². The maximum absolute atomic E-state index is 15.1. The molecule has 1 aliphatic rings. The van der Waals surface area contributed by atoms with Gasteiger partial charge in [0.25, 0.3) is 6.02 Å². The Bertz CT molecular complexity index is 853. The summed E-state index contributed by atoms with van der Waals surface area (Å²) in [7, 11) is 0. The number of ether oxygens (including phenoxy) is 1. The van der Waals surface area contributed by atoms with Crippen molar-refractivity contribution in [3.8, 4) is 0 Å². The van der Waals surface area contributed by atoms with Crippen LogP contribution >= 0.6 is 11.6 Å². The Morgan fingerprint density at radius 3 is 2.81 bits per heavy atom. The van der Waals surface area contributed by atoms with Gasteiger partial charge in [-0.25, -0.2) is 13.8 Å². The quantitative estimate of drug-likeness (QED) is 0.751. The van der Waals surface area contributed by atoms with E-state index >= 15 is 4.39 Å². The summed E-state index contributed by atoms with van der Waals surface area (Å²) in [5.41, 5.74) is 3.43. The third-order valence-electron chi connectivity index (χ3n) is 4.75. The first kappa shape index (κ1) is 18.4. The summed E-state index contributed by atoms with van der Waals surface area (Å²) in [5.74, 6) is -0.578. The molecule has 0 radical (unpaired) electrons. The summed E-state index contributed by atoms with van der Waals surface area (Å²) in [4.78, 5) is 4.07. The highest BCUT2D eigenvalue weighted by Gasteiger charge is 2.52. The van der Waals surface area contributed by atoms with Gasteiger partial charge in [-0.05, 0) is 39.0 Å². The van der Waals surface area contributed by atoms with Crippen molar-refractivity contribution >= 4 is 23.3 Å². The zero-order chi connectivity index (χ0) is 19.1. The Balaban J connectivity index is 1.98. The van der Waals surface area contributed by atoms with Gasteiger partial charge >= 0.3 is 0 Å². The van der Waals surface area contributed by atoms with Crippen molar-refractivity contribution in [3.05, 3.63) is 46.5 Å². The molecular formula is C17H20ClF2N5O. The Morgan fingerprint density at radius 2 is 2.15 bits per heavy atom. The van der Waals surface area contributed by atoms with Crippen molar-refractivity contribution in [2.75, 3.05) is 11.9 Å². The molecule has 2 heterocycles. The van der Waals surface area contributed by atoms with Crippen LogP contribution in [0.2, 0.25) is 5.02 Å². The second kappa shape index (κ2) is 6.42. The van der Waals surface area contributed by atoms with Crippen LogP contribution in [0.15, 0.2) is 29.4 Å². The zero-order valence-electron chi connectivity index (χ0n) is 14.6. The SMILES string of the molecule is CC(Nc1ccc(F)c([C@@]2(C)N=C(N)OC[C@]2(C)F)c1)c1n[nH]cc1Cl. The fourth-order valence-corrected chi connectivity index (χ4v) is 3.21. The second-order valence-corrected chi connectivity index (χ2v) is 7.09. The monoisotopic (exact) mass is 383 g/mol. The van der Waals surface area contributed by atoms with Crippen LogP contribution in [0.4, 0.5) is 14.5 Å². The minimum absolute atomic E-state index is 0.0825. The number of aromatic nitrogens is 2. The molecule has 6 nitrogen and oxygen atoms in total. The van der Waals surface area contributed by atoms with Crippen molar-refractivity contribution in [2.45, 2.75) is 38.0 Å². The smallest absolute Gasteiger partial charge is 0.283 e. The van der Waals surface area contributed by atoms with Crippen LogP contribution in [0.1, 0.15) is 38.1 Å². The molecule has 1 aromatic carbocycles. The number of alkyl halides is 1. The predicted octanol–water partition coefficient (Wildman–Crippen LogP) is 3.66. The molecule has 26 heavy (non-hydrogen) atoms. The summed E-state index contributed by atoms with van der Waals surface area (Å²) in [6.45, 7) is 4.36. The molecule has 1 aromatic heterocycles. The number of aliphatic imine (C=N–C) groups is 1. The van der Waals surface area contributed by atoms with Crippen LogP contribution in [0.5, 0.6) is 0 Å². The van der Waals surface area contributed by atoms with Crippen molar-refractivity contribution in [2.24, 2.45) is 10.7 Å². The number of rotatable bonds is 4. The summed E-state index contributed by atoms with van der Waals surface area (Å²) < 4.78 is 34.7. The van der Waals surface area contributed by atoms with Crippen LogP contribution < -0.4 is 11.1 Å². The number of hydrogen-bond acceptors (Lipinski definition) is 5. The van der Waals surface area contributed by atoms with Gasteiger partial charge in [0.1, 0.15) is 23.7 Å². The molecule has 2 aromatic rings. The molecule has 0 saturated heterocycles. The molecule has 3 atom stereocenters. The number of H-pyrrole nitrogens is 1. The normalized spacial score (nSPS) is 26.8. The highest BCUT2D eigenvalue weighted by Crippen LogP contribution is 2.44. The first-order chi connectivity index (χ1) is 12.1. The van der Waals surface area contributed by atoms with Gasteiger partial charge in [-0.3, -0.25) is 5.10 Å². The minimum atomic E-state index is -1.94. The molecule has 1 aliphatic heterocycles. The lowest BCUT2D eigenvalue weighted by atomic mass is 9.78. The van der Waals surface area contributed by atoms with E-state index in [2.05, 4.69) is 20.5 Å². The average Bonchev–Trinajstić information content (AvgIpc) is 2.99. The lowest BCUT2D eigenvalue weighted by Crippen LogP contribution is -2.52. The summed E-state index contributed by atoms with van der Waals surface area (Å²) >= 11 is 6.07. The molecule has 140 valence electrons. The summed E-state index contributed by atoms with van der Waals surface area (Å²) in [5, 5.41) is 10.4. The maximum Gasteiger partial charge on any atom is 0.283 e. The average molecular weight is 384 g/mol. The van der Waals surface area contributed by atoms with Gasteiger partial charge in [0.2, 0.25) is 0 Å². The second-order valence-electron chi connectivity index (χ2n) is 6.69. The number of benzene rings is 1. The predicted molar refractivity (Wildman–Crippen MR) is 96.5 cm³/mol. The zero-order valence-corrected chi connectivity index (χ0v) is 15.4.